The van der Waals surface area contributed by atoms with Crippen LogP contribution in [-0.4, -0.2) is 23.2 Å². The van der Waals surface area contributed by atoms with Crippen molar-refractivity contribution in [2.45, 2.75) is 52.6 Å². The average Bonchev–Trinajstić information content (AvgIpc) is 2.11. The Bertz CT molecular complexity index is 159. The molecule has 0 amide bonds. The lowest BCUT2D eigenvalue weighted by molar-refractivity contribution is -0.141. The van der Waals surface area contributed by atoms with Gasteiger partial charge >= 0.3 is 5.97 Å². The van der Waals surface area contributed by atoms with Gasteiger partial charge in [-0.25, -0.2) is 0 Å². The number of aliphatic carboxylic acids is 1. The third-order valence-electron chi connectivity index (χ3n) is 2.56. The molecule has 3 nitrogen and oxygen atoms in total. The minimum atomic E-state index is -0.741. The normalized spacial score (nSPS) is 17.8. The molecule has 0 saturated heterocycles. The molecule has 0 radical (unpaired) electrons. The lowest BCUT2D eigenvalue weighted by Crippen LogP contribution is -2.45. The Balaban J connectivity index is 4.17. The molecule has 0 fully saturated rings. The maximum Gasteiger partial charge on any atom is 0.320 e. The van der Waals surface area contributed by atoms with E-state index in [4.69, 9.17) is 5.11 Å². The molecule has 0 rings (SSSR count). The van der Waals surface area contributed by atoms with Crippen LogP contribution in [-0.2, 0) is 4.79 Å². The number of carboxylic acids is 1. The maximum absolute atomic E-state index is 10.9. The van der Waals surface area contributed by atoms with Crippen molar-refractivity contribution < 1.29 is 9.90 Å². The minimum Gasteiger partial charge on any atom is -0.480 e. The fourth-order valence-corrected chi connectivity index (χ4v) is 1.14. The second-order valence-corrected chi connectivity index (χ2v) is 3.68. The molecule has 0 aromatic rings. The second kappa shape index (κ2) is 5.97. The molecule has 0 aromatic heterocycles. The summed E-state index contributed by atoms with van der Waals surface area (Å²) in [7, 11) is 0. The molecule has 78 valence electrons. The van der Waals surface area contributed by atoms with Crippen molar-refractivity contribution in [2.75, 3.05) is 0 Å². The van der Waals surface area contributed by atoms with E-state index in [0.717, 1.165) is 12.8 Å². The average molecular weight is 187 g/mol. The quantitative estimate of drug-likeness (QED) is 0.667. The van der Waals surface area contributed by atoms with Gasteiger partial charge in [-0.05, 0) is 19.3 Å². The van der Waals surface area contributed by atoms with E-state index in [2.05, 4.69) is 5.32 Å². The molecule has 0 saturated carbocycles. The monoisotopic (exact) mass is 187 g/mol. The van der Waals surface area contributed by atoms with Crippen LogP contribution in [0.5, 0.6) is 0 Å². The Hall–Kier alpha value is -0.570. The van der Waals surface area contributed by atoms with Crippen LogP contribution in [0.15, 0.2) is 0 Å². The number of carboxylic acid groups (broad SMARTS) is 1. The maximum atomic E-state index is 10.9. The van der Waals surface area contributed by atoms with Gasteiger partial charge in [0.15, 0.2) is 0 Å². The van der Waals surface area contributed by atoms with Crippen molar-refractivity contribution in [3.8, 4) is 0 Å². The van der Waals surface area contributed by atoms with Gasteiger partial charge in [-0.15, -0.1) is 0 Å². The van der Waals surface area contributed by atoms with Gasteiger partial charge < -0.3 is 10.4 Å². The third-order valence-corrected chi connectivity index (χ3v) is 2.56. The van der Waals surface area contributed by atoms with Crippen LogP contribution in [0.25, 0.3) is 0 Å². The van der Waals surface area contributed by atoms with Crippen molar-refractivity contribution in [1.82, 2.24) is 5.32 Å². The van der Waals surface area contributed by atoms with Crippen LogP contribution >= 0.6 is 0 Å². The third kappa shape index (κ3) is 4.27. The number of hydrogen-bond donors (Lipinski definition) is 2. The van der Waals surface area contributed by atoms with Crippen molar-refractivity contribution in [3.05, 3.63) is 0 Å². The topological polar surface area (TPSA) is 49.3 Å². The number of rotatable bonds is 6. The van der Waals surface area contributed by atoms with E-state index >= 15 is 0 Å². The molecule has 3 heteroatoms. The van der Waals surface area contributed by atoms with E-state index in [0.29, 0.717) is 0 Å². The van der Waals surface area contributed by atoms with Gasteiger partial charge in [0.05, 0.1) is 0 Å². The highest BCUT2D eigenvalue weighted by Gasteiger charge is 2.23. The largest absolute Gasteiger partial charge is 0.480 e. The number of carbonyl (C=O) groups is 1. The first kappa shape index (κ1) is 12.4. The zero-order valence-corrected chi connectivity index (χ0v) is 9.00. The molecular weight excluding hydrogens is 166 g/mol. The summed E-state index contributed by atoms with van der Waals surface area (Å²) >= 11 is 0. The van der Waals surface area contributed by atoms with E-state index in [1.165, 1.54) is 0 Å². The molecule has 2 N–H and O–H groups in total. The fraction of sp³-hybridized carbons (Fsp3) is 0.900. The number of nitrogens with one attached hydrogen (secondary N) is 1. The molecule has 0 heterocycles. The fourth-order valence-electron chi connectivity index (χ4n) is 1.14. The highest BCUT2D eigenvalue weighted by atomic mass is 16.4. The molecule has 0 spiro atoms. The first-order valence-corrected chi connectivity index (χ1v) is 5.01. The van der Waals surface area contributed by atoms with E-state index in [1.54, 1.807) is 0 Å². The smallest absolute Gasteiger partial charge is 0.320 e. The Morgan fingerprint density at radius 2 is 1.85 bits per heavy atom. The summed E-state index contributed by atoms with van der Waals surface area (Å²) in [4.78, 5) is 10.9. The molecule has 0 aliphatic heterocycles. The molecular formula is C10H21NO2. The van der Waals surface area contributed by atoms with Gasteiger partial charge in [-0.1, -0.05) is 27.2 Å². The summed E-state index contributed by atoms with van der Waals surface area (Å²) in [6.07, 6.45) is 1.85. The van der Waals surface area contributed by atoms with E-state index in [-0.39, 0.29) is 12.0 Å². The first-order chi connectivity index (χ1) is 6.02. The summed E-state index contributed by atoms with van der Waals surface area (Å²) in [5, 5.41) is 12.1. The molecule has 0 aliphatic carbocycles. The van der Waals surface area contributed by atoms with Gasteiger partial charge in [-0.3, -0.25) is 4.79 Å². The molecule has 0 unspecified atom stereocenters. The van der Waals surface area contributed by atoms with E-state index in [1.807, 2.05) is 27.7 Å². The van der Waals surface area contributed by atoms with Crippen LogP contribution in [0.4, 0.5) is 0 Å². The zero-order chi connectivity index (χ0) is 10.4. The Kier molecular flexibility index (Phi) is 5.71. The SMILES string of the molecule is CC[C@H](C)N[C@H](C(=O)O)[C@@H](C)CC. The van der Waals surface area contributed by atoms with Gasteiger partial charge in [0.1, 0.15) is 6.04 Å². The van der Waals surface area contributed by atoms with Crippen LogP contribution in [0, 0.1) is 5.92 Å². The predicted octanol–water partition coefficient (Wildman–Crippen LogP) is 1.87. The van der Waals surface area contributed by atoms with Crippen LogP contribution < -0.4 is 5.32 Å². The lowest BCUT2D eigenvalue weighted by Gasteiger charge is -2.23. The number of hydrogen-bond acceptors (Lipinski definition) is 2. The second-order valence-electron chi connectivity index (χ2n) is 3.68. The van der Waals surface area contributed by atoms with E-state index < -0.39 is 12.0 Å². The summed E-state index contributed by atoms with van der Waals surface area (Å²) in [5.74, 6) is -0.554. The van der Waals surface area contributed by atoms with Crippen molar-refractivity contribution in [3.63, 3.8) is 0 Å². The lowest BCUT2D eigenvalue weighted by atomic mass is 9.98. The Morgan fingerprint density at radius 3 is 2.15 bits per heavy atom. The molecule has 0 bridgehead atoms. The molecule has 3 atom stereocenters. The van der Waals surface area contributed by atoms with Gasteiger partial charge in [0.25, 0.3) is 0 Å². The van der Waals surface area contributed by atoms with Crippen LogP contribution in [0.1, 0.15) is 40.5 Å². The molecule has 13 heavy (non-hydrogen) atoms. The van der Waals surface area contributed by atoms with Gasteiger partial charge in [0, 0.05) is 6.04 Å². The van der Waals surface area contributed by atoms with Crippen molar-refractivity contribution in [1.29, 1.82) is 0 Å². The Morgan fingerprint density at radius 1 is 1.31 bits per heavy atom. The highest BCUT2D eigenvalue weighted by molar-refractivity contribution is 5.73. The standard InChI is InChI=1S/C10H21NO2/c1-5-7(3)9(10(12)13)11-8(4)6-2/h7-9,11H,5-6H2,1-4H3,(H,12,13)/t7-,8-,9-/m0/s1. The van der Waals surface area contributed by atoms with Crippen molar-refractivity contribution in [2.24, 2.45) is 5.92 Å². The van der Waals surface area contributed by atoms with Crippen molar-refractivity contribution >= 4 is 5.97 Å². The first-order valence-electron chi connectivity index (χ1n) is 5.01. The molecule has 0 aromatic carbocycles. The highest BCUT2D eigenvalue weighted by Crippen LogP contribution is 2.09. The van der Waals surface area contributed by atoms with Crippen LogP contribution in [0.3, 0.4) is 0 Å². The summed E-state index contributed by atoms with van der Waals surface area (Å²) in [6, 6.07) is -0.130. The summed E-state index contributed by atoms with van der Waals surface area (Å²) in [6.45, 7) is 8.04. The van der Waals surface area contributed by atoms with Gasteiger partial charge in [-0.2, -0.15) is 0 Å². The Labute approximate surface area is 80.5 Å². The van der Waals surface area contributed by atoms with Gasteiger partial charge in [0.2, 0.25) is 0 Å². The molecule has 0 aliphatic rings. The minimum absolute atomic E-state index is 0.187. The summed E-state index contributed by atoms with van der Waals surface area (Å²) in [5.41, 5.74) is 0. The summed E-state index contributed by atoms with van der Waals surface area (Å²) < 4.78 is 0. The van der Waals surface area contributed by atoms with Crippen LogP contribution in [0.2, 0.25) is 0 Å². The predicted molar refractivity (Wildman–Crippen MR) is 53.8 cm³/mol. The zero-order valence-electron chi connectivity index (χ0n) is 9.00. The van der Waals surface area contributed by atoms with E-state index in [9.17, 15) is 4.79 Å².